The lowest BCUT2D eigenvalue weighted by Gasteiger charge is -2.15. The van der Waals surface area contributed by atoms with Gasteiger partial charge in [0.15, 0.2) is 0 Å². The van der Waals surface area contributed by atoms with E-state index in [1.165, 1.54) is 4.90 Å². The Hall–Kier alpha value is -2.14. The number of hydrogen-bond acceptors (Lipinski definition) is 2. The van der Waals surface area contributed by atoms with Gasteiger partial charge in [0.25, 0.3) is 11.8 Å². The molecule has 0 spiro atoms. The third-order valence-electron chi connectivity index (χ3n) is 4.12. The van der Waals surface area contributed by atoms with Gasteiger partial charge in [0.2, 0.25) is 0 Å². The van der Waals surface area contributed by atoms with Crippen LogP contribution in [0.3, 0.4) is 0 Å². The summed E-state index contributed by atoms with van der Waals surface area (Å²) in [5.41, 5.74) is 3.65. The Morgan fingerprint density at radius 3 is 2.04 bits per heavy atom. The first-order valence-electron chi connectivity index (χ1n) is 7.42. The van der Waals surface area contributed by atoms with E-state index in [0.717, 1.165) is 17.1 Å². The number of carbonyl (C=O) groups excluding carboxylic acids is 2. The zero-order valence-corrected chi connectivity index (χ0v) is 14.6. The number of halogens is 1. The average Bonchev–Trinajstić information content (AvgIpc) is 2.96. The summed E-state index contributed by atoms with van der Waals surface area (Å²) in [4.78, 5) is 26.6. The Bertz CT molecular complexity index is 767. The van der Waals surface area contributed by atoms with Crippen molar-refractivity contribution in [1.29, 1.82) is 0 Å². The largest absolute Gasteiger partial charge is 0.317 e. The number of alkyl halides is 1. The number of amides is 2. The lowest BCUT2D eigenvalue weighted by molar-refractivity contribution is 0.0670. The monoisotopic (exact) mass is 372 g/mol. The normalized spacial score (nSPS) is 14.1. The van der Waals surface area contributed by atoms with E-state index in [1.807, 2.05) is 60.9 Å². The Kier molecular flexibility index (Phi) is 4.22. The molecule has 0 saturated carbocycles. The number of nitrogens with zero attached hydrogens (tertiary/aromatic N) is 2. The summed E-state index contributed by atoms with van der Waals surface area (Å²) in [6, 6.07) is 9.78. The van der Waals surface area contributed by atoms with Crippen LogP contribution >= 0.6 is 15.9 Å². The van der Waals surface area contributed by atoms with Gasteiger partial charge in [-0.3, -0.25) is 14.5 Å². The predicted molar refractivity (Wildman–Crippen MR) is 93.5 cm³/mol. The highest BCUT2D eigenvalue weighted by molar-refractivity contribution is 9.09. The minimum Gasteiger partial charge on any atom is -0.317 e. The molecule has 0 atom stereocenters. The predicted octanol–water partition coefficient (Wildman–Crippen LogP) is 3.64. The molecule has 2 amide bonds. The molecule has 0 N–H and O–H groups in total. The minimum atomic E-state index is -0.209. The maximum Gasteiger partial charge on any atom is 0.263 e. The van der Waals surface area contributed by atoms with Crippen LogP contribution in [0, 0.1) is 13.8 Å². The number of benzene rings is 1. The number of imide groups is 1. The van der Waals surface area contributed by atoms with E-state index in [0.29, 0.717) is 23.0 Å². The van der Waals surface area contributed by atoms with Gasteiger partial charge in [-0.15, -0.1) is 0 Å². The summed E-state index contributed by atoms with van der Waals surface area (Å²) in [7, 11) is 0. The highest BCUT2D eigenvalue weighted by atomic mass is 79.9. The summed E-state index contributed by atoms with van der Waals surface area (Å²) >= 11 is 3.29. The van der Waals surface area contributed by atoms with Gasteiger partial charge < -0.3 is 4.57 Å². The minimum absolute atomic E-state index is 0.209. The first kappa shape index (κ1) is 15.7. The summed E-state index contributed by atoms with van der Waals surface area (Å²) < 4.78 is 1.98. The van der Waals surface area contributed by atoms with Crippen molar-refractivity contribution >= 4 is 27.7 Å². The van der Waals surface area contributed by atoms with Crippen LogP contribution in [0.15, 0.2) is 42.5 Å². The molecule has 3 rings (SSSR count). The van der Waals surface area contributed by atoms with Crippen LogP contribution in [0.4, 0.5) is 0 Å². The fraction of sp³-hybridized carbons (Fsp3) is 0.222. The Labute approximate surface area is 143 Å². The molecule has 0 saturated heterocycles. The Morgan fingerprint density at radius 2 is 1.52 bits per heavy atom. The number of hydrogen-bond donors (Lipinski definition) is 0. The van der Waals surface area contributed by atoms with Gasteiger partial charge in [-0.05, 0) is 26.0 Å². The van der Waals surface area contributed by atoms with Crippen LogP contribution in [-0.2, 0) is 0 Å². The van der Waals surface area contributed by atoms with Crippen molar-refractivity contribution in [1.82, 2.24) is 9.47 Å². The van der Waals surface area contributed by atoms with E-state index in [9.17, 15) is 9.59 Å². The van der Waals surface area contributed by atoms with Crippen LogP contribution in [0.1, 0.15) is 32.1 Å². The van der Waals surface area contributed by atoms with Gasteiger partial charge in [0.05, 0.1) is 11.1 Å². The molecule has 1 aliphatic rings. The Morgan fingerprint density at radius 1 is 0.957 bits per heavy atom. The molecule has 0 unspecified atom stereocenters. The molecule has 5 heteroatoms. The number of allylic oxidation sites excluding steroid dienone is 1. The molecule has 4 nitrogen and oxygen atoms in total. The molecule has 23 heavy (non-hydrogen) atoms. The molecule has 1 aliphatic heterocycles. The number of para-hydroxylation sites is 1. The molecule has 0 fully saturated rings. The SMILES string of the molecule is Cc1c2c(c(C)n1-c1ccccc1)C(=O)N(C/C=C/CBr)C2=O. The van der Waals surface area contributed by atoms with E-state index < -0.39 is 0 Å². The van der Waals surface area contributed by atoms with E-state index in [-0.39, 0.29) is 11.8 Å². The molecule has 0 aliphatic carbocycles. The fourth-order valence-corrected chi connectivity index (χ4v) is 3.36. The number of aromatic nitrogens is 1. The second-order valence-electron chi connectivity index (χ2n) is 5.44. The molecule has 1 aromatic heterocycles. The number of carbonyl (C=O) groups is 2. The second kappa shape index (κ2) is 6.16. The van der Waals surface area contributed by atoms with Crippen LogP contribution in [-0.4, -0.2) is 33.2 Å². The molecule has 2 heterocycles. The van der Waals surface area contributed by atoms with Gasteiger partial charge in [-0.25, -0.2) is 0 Å². The van der Waals surface area contributed by atoms with Crippen molar-refractivity contribution in [3.63, 3.8) is 0 Å². The molecule has 0 bridgehead atoms. The van der Waals surface area contributed by atoms with Crippen LogP contribution in [0.5, 0.6) is 0 Å². The van der Waals surface area contributed by atoms with E-state index in [4.69, 9.17) is 0 Å². The van der Waals surface area contributed by atoms with Gasteiger partial charge in [-0.2, -0.15) is 0 Å². The summed E-state index contributed by atoms with van der Waals surface area (Å²) in [5.74, 6) is -0.418. The van der Waals surface area contributed by atoms with Crippen molar-refractivity contribution in [2.75, 3.05) is 11.9 Å². The summed E-state index contributed by atoms with van der Waals surface area (Å²) in [6.07, 6.45) is 3.71. The van der Waals surface area contributed by atoms with Gasteiger partial charge in [0, 0.05) is 29.0 Å². The number of fused-ring (bicyclic) bond motifs is 1. The highest BCUT2D eigenvalue weighted by Crippen LogP contribution is 2.33. The third-order valence-corrected chi connectivity index (χ3v) is 4.49. The van der Waals surface area contributed by atoms with Crippen molar-refractivity contribution in [3.8, 4) is 5.69 Å². The smallest absolute Gasteiger partial charge is 0.263 e. The summed E-state index contributed by atoms with van der Waals surface area (Å²) in [6.45, 7) is 4.09. The molecule has 1 aromatic carbocycles. The molecular formula is C18H17BrN2O2. The molecule has 0 radical (unpaired) electrons. The second-order valence-corrected chi connectivity index (χ2v) is 6.09. The summed E-state index contributed by atoms with van der Waals surface area (Å²) in [5, 5.41) is 0.703. The molecular weight excluding hydrogens is 356 g/mol. The zero-order valence-electron chi connectivity index (χ0n) is 13.0. The first-order valence-corrected chi connectivity index (χ1v) is 8.54. The zero-order chi connectivity index (χ0) is 16.6. The lowest BCUT2D eigenvalue weighted by Crippen LogP contribution is -2.31. The van der Waals surface area contributed by atoms with Crippen LogP contribution in [0.25, 0.3) is 5.69 Å². The third kappa shape index (κ3) is 2.45. The average molecular weight is 373 g/mol. The van der Waals surface area contributed by atoms with Crippen molar-refractivity contribution in [3.05, 3.63) is 65.0 Å². The Balaban J connectivity index is 2.06. The first-order chi connectivity index (χ1) is 11.1. The van der Waals surface area contributed by atoms with Crippen LogP contribution < -0.4 is 0 Å². The van der Waals surface area contributed by atoms with Crippen molar-refractivity contribution in [2.45, 2.75) is 13.8 Å². The quantitative estimate of drug-likeness (QED) is 0.467. The van der Waals surface area contributed by atoms with E-state index in [1.54, 1.807) is 0 Å². The fourth-order valence-electron chi connectivity index (χ4n) is 3.10. The maximum atomic E-state index is 12.7. The topological polar surface area (TPSA) is 42.3 Å². The van der Waals surface area contributed by atoms with E-state index in [2.05, 4.69) is 15.9 Å². The van der Waals surface area contributed by atoms with Gasteiger partial charge in [-0.1, -0.05) is 46.3 Å². The maximum absolute atomic E-state index is 12.7. The van der Waals surface area contributed by atoms with Crippen molar-refractivity contribution in [2.24, 2.45) is 0 Å². The van der Waals surface area contributed by atoms with Crippen molar-refractivity contribution < 1.29 is 9.59 Å². The van der Waals surface area contributed by atoms with Gasteiger partial charge >= 0.3 is 0 Å². The lowest BCUT2D eigenvalue weighted by atomic mass is 10.1. The molecule has 118 valence electrons. The molecule has 2 aromatic rings. The number of rotatable bonds is 4. The van der Waals surface area contributed by atoms with Gasteiger partial charge in [0.1, 0.15) is 0 Å². The highest BCUT2D eigenvalue weighted by Gasteiger charge is 2.40. The van der Waals surface area contributed by atoms with Crippen LogP contribution in [0.2, 0.25) is 0 Å². The van der Waals surface area contributed by atoms with E-state index >= 15 is 0 Å². The standard InChI is InChI=1S/C18H17BrN2O2/c1-12-15-16(13(2)21(12)14-8-4-3-5-9-14)18(23)20(17(15)22)11-7-6-10-19/h3-9H,10-11H2,1-2H3/b7-6+.